The van der Waals surface area contributed by atoms with Crippen molar-refractivity contribution in [3.63, 3.8) is 0 Å². The van der Waals surface area contributed by atoms with Crippen LogP contribution in [0, 0.1) is 0 Å². The van der Waals surface area contributed by atoms with Gasteiger partial charge in [-0.2, -0.15) is 0 Å². The molecule has 2 heterocycles. The molecule has 1 aliphatic rings. The molecule has 4 rings (SSSR count). The number of hydrogen-bond acceptors (Lipinski definition) is 6. The first-order valence-corrected chi connectivity index (χ1v) is 12.0. The summed E-state index contributed by atoms with van der Waals surface area (Å²) in [5.41, 5.74) is 3.05. The van der Waals surface area contributed by atoms with Gasteiger partial charge in [0.1, 0.15) is 6.33 Å². The highest BCUT2D eigenvalue weighted by Crippen LogP contribution is 2.30. The maximum Gasteiger partial charge on any atom is 0.232 e. The Morgan fingerprint density at radius 2 is 1.97 bits per heavy atom. The first kappa shape index (κ1) is 19.7. The van der Waals surface area contributed by atoms with E-state index in [4.69, 9.17) is 0 Å². The van der Waals surface area contributed by atoms with Crippen LogP contribution in [0.5, 0.6) is 0 Å². The molecule has 7 nitrogen and oxygen atoms in total. The van der Waals surface area contributed by atoms with E-state index < -0.39 is 10.0 Å². The number of sulfonamides is 1. The number of ketones is 1. The van der Waals surface area contributed by atoms with Gasteiger partial charge in [-0.05, 0) is 48.7 Å². The maximum atomic E-state index is 12.6. The predicted molar refractivity (Wildman–Crippen MR) is 113 cm³/mol. The Balaban J connectivity index is 1.45. The van der Waals surface area contributed by atoms with Crippen LogP contribution in [-0.2, 0) is 16.4 Å². The lowest BCUT2D eigenvalue weighted by atomic mass is 9.99. The number of rotatable bonds is 6. The molecule has 1 aromatic heterocycles. The van der Waals surface area contributed by atoms with Gasteiger partial charge in [-0.15, -0.1) is 5.10 Å². The van der Waals surface area contributed by atoms with Crippen LogP contribution in [0.2, 0.25) is 0 Å². The van der Waals surface area contributed by atoms with Crippen molar-refractivity contribution in [1.82, 2.24) is 14.8 Å². The number of benzene rings is 2. The van der Waals surface area contributed by atoms with Crippen LogP contribution in [0.15, 0.2) is 60.0 Å². The second-order valence-corrected chi connectivity index (χ2v) is 9.65. The average molecular weight is 429 g/mol. The minimum absolute atomic E-state index is 0.0367. The summed E-state index contributed by atoms with van der Waals surface area (Å²) in [4.78, 5) is 16.9. The Morgan fingerprint density at radius 1 is 1.17 bits per heavy atom. The fraction of sp³-hybridized carbons (Fsp3) is 0.250. The third-order valence-corrected chi connectivity index (χ3v) is 6.73. The number of Topliss-reactive ketones (excluding diaryl/α,β-unsaturated/α-hetero) is 1. The summed E-state index contributed by atoms with van der Waals surface area (Å²) < 4.78 is 27.0. The molecule has 9 heteroatoms. The zero-order valence-electron chi connectivity index (χ0n) is 15.9. The number of aryl methyl sites for hydroxylation is 1. The van der Waals surface area contributed by atoms with Crippen LogP contribution in [0.4, 0.5) is 5.69 Å². The third kappa shape index (κ3) is 4.35. The molecule has 0 spiro atoms. The van der Waals surface area contributed by atoms with Crippen LogP contribution in [-0.4, -0.2) is 47.5 Å². The Kier molecular flexibility index (Phi) is 5.42. The minimum Gasteiger partial charge on any atom is -0.293 e. The van der Waals surface area contributed by atoms with Gasteiger partial charge in [0.2, 0.25) is 15.2 Å². The van der Waals surface area contributed by atoms with E-state index in [9.17, 15) is 13.2 Å². The summed E-state index contributed by atoms with van der Waals surface area (Å²) in [6.07, 6.45) is 4.34. The molecule has 0 unspecified atom stereocenters. The number of aromatic nitrogens is 3. The van der Waals surface area contributed by atoms with E-state index in [0.717, 1.165) is 24.1 Å². The van der Waals surface area contributed by atoms with E-state index in [1.54, 1.807) is 23.1 Å². The molecular weight excluding hydrogens is 408 g/mol. The van der Waals surface area contributed by atoms with Gasteiger partial charge < -0.3 is 0 Å². The number of para-hydroxylation sites is 1. The number of fused-ring (bicyclic) bond motifs is 1. The largest absolute Gasteiger partial charge is 0.293 e. The van der Waals surface area contributed by atoms with Gasteiger partial charge in [0.15, 0.2) is 5.78 Å². The van der Waals surface area contributed by atoms with Crippen molar-refractivity contribution >= 4 is 33.3 Å². The number of carbonyl (C=O) groups excluding carboxylic acids is 1. The quantitative estimate of drug-likeness (QED) is 0.443. The monoisotopic (exact) mass is 428 g/mol. The number of hydrogen-bond donors (Lipinski definition) is 0. The van der Waals surface area contributed by atoms with Crippen molar-refractivity contribution in [3.05, 3.63) is 66.0 Å². The number of thioether (sulfide) groups is 1. The Bertz CT molecular complexity index is 1140. The highest BCUT2D eigenvalue weighted by atomic mass is 32.2. The van der Waals surface area contributed by atoms with Gasteiger partial charge in [-0.3, -0.25) is 9.10 Å². The lowest BCUT2D eigenvalue weighted by molar-refractivity contribution is 0.102. The summed E-state index contributed by atoms with van der Waals surface area (Å²) in [6, 6.07) is 14.9. The summed E-state index contributed by atoms with van der Waals surface area (Å²) >= 11 is 1.28. The molecule has 0 atom stereocenters. The number of nitrogens with zero attached hydrogens (tertiary/aromatic N) is 4. The van der Waals surface area contributed by atoms with E-state index in [1.807, 2.05) is 36.4 Å². The average Bonchev–Trinajstić information content (AvgIpc) is 3.20. The highest BCUT2D eigenvalue weighted by molar-refractivity contribution is 7.99. The maximum absolute atomic E-state index is 12.6. The summed E-state index contributed by atoms with van der Waals surface area (Å²) in [5, 5.41) is 4.93. The zero-order valence-corrected chi connectivity index (χ0v) is 17.5. The van der Waals surface area contributed by atoms with Crippen LogP contribution < -0.4 is 4.31 Å². The van der Waals surface area contributed by atoms with E-state index >= 15 is 0 Å². The fourth-order valence-corrected chi connectivity index (χ4v) is 5.00. The smallest absolute Gasteiger partial charge is 0.232 e. The molecule has 3 aromatic rings. The van der Waals surface area contributed by atoms with Gasteiger partial charge in [0.25, 0.3) is 0 Å². The molecule has 150 valence electrons. The van der Waals surface area contributed by atoms with E-state index in [2.05, 4.69) is 10.1 Å². The lowest BCUT2D eigenvalue weighted by Crippen LogP contribution is -2.34. The second-order valence-electron chi connectivity index (χ2n) is 6.80. The number of anilines is 1. The van der Waals surface area contributed by atoms with Gasteiger partial charge >= 0.3 is 0 Å². The first-order chi connectivity index (χ1) is 13.9. The summed E-state index contributed by atoms with van der Waals surface area (Å²) in [6.45, 7) is 0.477. The molecule has 0 N–H and O–H groups in total. The van der Waals surface area contributed by atoms with Crippen molar-refractivity contribution in [2.45, 2.75) is 18.0 Å². The third-order valence-electron chi connectivity index (χ3n) is 4.70. The molecule has 0 radical (unpaired) electrons. The fourth-order valence-electron chi connectivity index (χ4n) is 3.31. The topological polar surface area (TPSA) is 85.2 Å². The molecule has 0 amide bonds. The van der Waals surface area contributed by atoms with Gasteiger partial charge in [-0.25, -0.2) is 18.1 Å². The van der Waals surface area contributed by atoms with E-state index in [-0.39, 0.29) is 11.5 Å². The Morgan fingerprint density at radius 3 is 2.72 bits per heavy atom. The Hall–Kier alpha value is -2.65. The van der Waals surface area contributed by atoms with Crippen molar-refractivity contribution in [2.24, 2.45) is 0 Å². The molecule has 0 saturated heterocycles. The minimum atomic E-state index is -3.31. The van der Waals surface area contributed by atoms with Crippen LogP contribution in [0.25, 0.3) is 5.69 Å². The molecule has 2 aromatic carbocycles. The van der Waals surface area contributed by atoms with Crippen LogP contribution in [0.3, 0.4) is 0 Å². The van der Waals surface area contributed by atoms with Crippen molar-refractivity contribution in [2.75, 3.05) is 22.9 Å². The predicted octanol–water partition coefficient (Wildman–Crippen LogP) is 2.95. The van der Waals surface area contributed by atoms with Gasteiger partial charge in [0.05, 0.1) is 23.4 Å². The van der Waals surface area contributed by atoms with Gasteiger partial charge in [0, 0.05) is 12.1 Å². The van der Waals surface area contributed by atoms with Crippen LogP contribution in [0.1, 0.15) is 22.3 Å². The molecule has 29 heavy (non-hydrogen) atoms. The zero-order chi connectivity index (χ0) is 20.4. The van der Waals surface area contributed by atoms with Gasteiger partial charge in [-0.1, -0.05) is 30.0 Å². The molecular formula is C20H20N4O3S2. The number of carbonyl (C=O) groups is 1. The van der Waals surface area contributed by atoms with E-state index in [1.165, 1.54) is 22.3 Å². The van der Waals surface area contributed by atoms with E-state index in [0.29, 0.717) is 23.0 Å². The molecule has 0 bridgehead atoms. The normalized spacial score (nSPS) is 13.9. The molecule has 1 aliphatic heterocycles. The summed E-state index contributed by atoms with van der Waals surface area (Å²) in [7, 11) is -3.31. The van der Waals surface area contributed by atoms with Crippen molar-refractivity contribution < 1.29 is 13.2 Å². The lowest BCUT2D eigenvalue weighted by Gasteiger charge is -2.29. The Labute approximate surface area is 173 Å². The standard InChI is InChI=1S/C20H20N4O3S2/c1-29(26,27)24-11-5-6-15-12-16(9-10-18(15)24)19(25)13-28-20-21-14-23(22-20)17-7-3-2-4-8-17/h2-4,7-10,12,14H,5-6,11,13H2,1H3. The van der Waals surface area contributed by atoms with Crippen LogP contribution >= 0.6 is 11.8 Å². The molecule has 0 aliphatic carbocycles. The van der Waals surface area contributed by atoms with Crippen molar-refractivity contribution in [3.8, 4) is 5.69 Å². The highest BCUT2D eigenvalue weighted by Gasteiger charge is 2.24. The molecule has 0 saturated carbocycles. The second kappa shape index (κ2) is 8.00. The van der Waals surface area contributed by atoms with Crippen molar-refractivity contribution in [1.29, 1.82) is 0 Å². The SMILES string of the molecule is CS(=O)(=O)N1CCCc2cc(C(=O)CSc3ncn(-c4ccccc4)n3)ccc21. The summed E-state index contributed by atoms with van der Waals surface area (Å²) in [5.74, 6) is 0.179. The first-order valence-electron chi connectivity index (χ1n) is 9.15. The molecule has 0 fully saturated rings.